The number of amides is 1. The first-order valence-corrected chi connectivity index (χ1v) is 6.08. The molecular formula is C12H13Cl2NO4. The van der Waals surface area contributed by atoms with Crippen molar-refractivity contribution >= 4 is 41.0 Å². The van der Waals surface area contributed by atoms with Gasteiger partial charge in [-0.3, -0.25) is 5.32 Å². The van der Waals surface area contributed by atoms with Gasteiger partial charge in [0.25, 0.3) is 0 Å². The monoisotopic (exact) mass is 305 g/mol. The SMILES string of the molecule is CC(C)(C)OC(=O)Nc1cc(C(=O)O)c(Cl)cc1Cl. The summed E-state index contributed by atoms with van der Waals surface area (Å²) in [6.45, 7) is 5.12. The zero-order chi connectivity index (χ0) is 14.8. The van der Waals surface area contributed by atoms with Gasteiger partial charge in [-0.05, 0) is 32.9 Å². The average molecular weight is 306 g/mol. The Balaban J connectivity index is 2.99. The maximum absolute atomic E-state index is 11.6. The predicted molar refractivity (Wildman–Crippen MR) is 73.3 cm³/mol. The number of ether oxygens (including phenoxy) is 1. The lowest BCUT2D eigenvalue weighted by Gasteiger charge is -2.20. The molecule has 1 amide bonds. The fourth-order valence-corrected chi connectivity index (χ4v) is 1.73. The molecule has 0 radical (unpaired) electrons. The van der Waals surface area contributed by atoms with Crippen LogP contribution >= 0.6 is 23.2 Å². The molecule has 0 saturated carbocycles. The lowest BCUT2D eigenvalue weighted by Crippen LogP contribution is -2.27. The van der Waals surface area contributed by atoms with Crippen LogP contribution in [0.3, 0.4) is 0 Å². The van der Waals surface area contributed by atoms with E-state index in [0.717, 1.165) is 0 Å². The number of nitrogens with one attached hydrogen (secondary N) is 1. The van der Waals surface area contributed by atoms with Gasteiger partial charge in [0.1, 0.15) is 5.60 Å². The second-order valence-electron chi connectivity index (χ2n) is 4.74. The van der Waals surface area contributed by atoms with Crippen LogP contribution in [0.15, 0.2) is 12.1 Å². The van der Waals surface area contributed by atoms with Crippen molar-refractivity contribution < 1.29 is 19.4 Å². The van der Waals surface area contributed by atoms with Gasteiger partial charge in [-0.25, -0.2) is 9.59 Å². The Hall–Kier alpha value is -1.46. The molecule has 0 bridgehead atoms. The molecule has 0 spiro atoms. The highest BCUT2D eigenvalue weighted by Crippen LogP contribution is 2.29. The maximum Gasteiger partial charge on any atom is 0.412 e. The molecule has 2 N–H and O–H groups in total. The summed E-state index contributed by atoms with van der Waals surface area (Å²) >= 11 is 11.6. The quantitative estimate of drug-likeness (QED) is 0.864. The molecule has 0 aliphatic heterocycles. The van der Waals surface area contributed by atoms with Crippen LogP contribution in [0.2, 0.25) is 10.0 Å². The van der Waals surface area contributed by atoms with Crippen molar-refractivity contribution in [3.05, 3.63) is 27.7 Å². The highest BCUT2D eigenvalue weighted by Gasteiger charge is 2.19. The Labute approximate surface area is 120 Å². The first kappa shape index (κ1) is 15.6. The minimum Gasteiger partial charge on any atom is -0.478 e. The van der Waals surface area contributed by atoms with Crippen molar-refractivity contribution in [3.63, 3.8) is 0 Å². The molecule has 0 aliphatic rings. The number of rotatable bonds is 2. The summed E-state index contributed by atoms with van der Waals surface area (Å²) in [7, 11) is 0. The van der Waals surface area contributed by atoms with Crippen molar-refractivity contribution in [2.45, 2.75) is 26.4 Å². The summed E-state index contributed by atoms with van der Waals surface area (Å²) in [5, 5.41) is 11.4. The van der Waals surface area contributed by atoms with E-state index in [2.05, 4.69) is 5.32 Å². The standard InChI is InChI=1S/C12H13Cl2NO4/c1-12(2,3)19-11(18)15-9-4-6(10(16)17)7(13)5-8(9)14/h4-5H,1-3H3,(H,15,18)(H,16,17). The third-order valence-corrected chi connectivity index (χ3v) is 2.55. The number of carboxylic acids is 1. The smallest absolute Gasteiger partial charge is 0.412 e. The number of hydrogen-bond acceptors (Lipinski definition) is 3. The van der Waals surface area contributed by atoms with Crippen LogP contribution in [0.25, 0.3) is 0 Å². The van der Waals surface area contributed by atoms with Gasteiger partial charge in [-0.1, -0.05) is 23.2 Å². The Morgan fingerprint density at radius 1 is 1.21 bits per heavy atom. The van der Waals surface area contributed by atoms with Gasteiger partial charge < -0.3 is 9.84 Å². The fourth-order valence-electron chi connectivity index (χ4n) is 1.22. The van der Waals surface area contributed by atoms with Crippen molar-refractivity contribution in [1.29, 1.82) is 0 Å². The minimum atomic E-state index is -1.21. The largest absolute Gasteiger partial charge is 0.478 e. The van der Waals surface area contributed by atoms with Gasteiger partial charge in [0.2, 0.25) is 0 Å². The van der Waals surface area contributed by atoms with E-state index in [1.807, 2.05) is 0 Å². The molecule has 7 heteroatoms. The van der Waals surface area contributed by atoms with Gasteiger partial charge in [-0.2, -0.15) is 0 Å². The van der Waals surface area contributed by atoms with E-state index in [4.69, 9.17) is 33.0 Å². The van der Waals surface area contributed by atoms with E-state index >= 15 is 0 Å². The van der Waals surface area contributed by atoms with Crippen LogP contribution < -0.4 is 5.32 Å². The molecule has 1 rings (SSSR count). The van der Waals surface area contributed by atoms with Gasteiger partial charge in [0, 0.05) is 0 Å². The molecule has 1 aromatic rings. The highest BCUT2D eigenvalue weighted by atomic mass is 35.5. The predicted octanol–water partition coefficient (Wildman–Crippen LogP) is 4.04. The number of carbonyl (C=O) groups is 2. The average Bonchev–Trinajstić information content (AvgIpc) is 2.18. The lowest BCUT2D eigenvalue weighted by molar-refractivity contribution is 0.0632. The van der Waals surface area contributed by atoms with Crippen LogP contribution in [0.5, 0.6) is 0 Å². The summed E-state index contributed by atoms with van der Waals surface area (Å²) in [4.78, 5) is 22.5. The van der Waals surface area contributed by atoms with Gasteiger partial charge in [0.05, 0.1) is 21.3 Å². The topological polar surface area (TPSA) is 75.6 Å². The van der Waals surface area contributed by atoms with Gasteiger partial charge in [0.15, 0.2) is 0 Å². The zero-order valence-corrected chi connectivity index (χ0v) is 12.1. The second-order valence-corrected chi connectivity index (χ2v) is 5.56. The number of aromatic carboxylic acids is 1. The number of carboxylic acid groups (broad SMARTS) is 1. The van der Waals surface area contributed by atoms with Crippen LogP contribution in [0.1, 0.15) is 31.1 Å². The molecule has 104 valence electrons. The fraction of sp³-hybridized carbons (Fsp3) is 0.333. The molecular weight excluding hydrogens is 293 g/mol. The molecule has 1 aromatic carbocycles. The normalized spacial score (nSPS) is 11.0. The molecule has 0 saturated heterocycles. The van der Waals surface area contributed by atoms with E-state index in [1.165, 1.54) is 12.1 Å². The summed E-state index contributed by atoms with van der Waals surface area (Å²) in [5.74, 6) is -1.21. The molecule has 0 atom stereocenters. The number of hydrogen-bond donors (Lipinski definition) is 2. The molecule has 19 heavy (non-hydrogen) atoms. The molecule has 0 unspecified atom stereocenters. The summed E-state index contributed by atoms with van der Waals surface area (Å²) < 4.78 is 5.04. The third kappa shape index (κ3) is 4.61. The lowest BCUT2D eigenvalue weighted by atomic mass is 10.2. The Kier molecular flexibility index (Phi) is 4.66. The van der Waals surface area contributed by atoms with Crippen molar-refractivity contribution in [3.8, 4) is 0 Å². The number of anilines is 1. The second kappa shape index (κ2) is 5.67. The molecule has 0 fully saturated rings. The van der Waals surface area contributed by atoms with Gasteiger partial charge >= 0.3 is 12.1 Å². The van der Waals surface area contributed by atoms with Crippen LogP contribution in [0, 0.1) is 0 Å². The Morgan fingerprint density at radius 2 is 1.79 bits per heavy atom. The number of halogens is 2. The third-order valence-electron chi connectivity index (χ3n) is 1.92. The van der Waals surface area contributed by atoms with Crippen LogP contribution in [-0.2, 0) is 4.74 Å². The van der Waals surface area contributed by atoms with Crippen LogP contribution in [-0.4, -0.2) is 22.8 Å². The zero-order valence-electron chi connectivity index (χ0n) is 10.6. The first-order valence-electron chi connectivity index (χ1n) is 5.32. The van der Waals surface area contributed by atoms with Crippen LogP contribution in [0.4, 0.5) is 10.5 Å². The van der Waals surface area contributed by atoms with Crippen molar-refractivity contribution in [2.75, 3.05) is 5.32 Å². The molecule has 5 nitrogen and oxygen atoms in total. The summed E-state index contributed by atoms with van der Waals surface area (Å²) in [6.07, 6.45) is -0.729. The Bertz CT molecular complexity index is 523. The van der Waals surface area contributed by atoms with E-state index in [-0.39, 0.29) is 21.3 Å². The van der Waals surface area contributed by atoms with E-state index in [0.29, 0.717) is 0 Å². The van der Waals surface area contributed by atoms with E-state index in [9.17, 15) is 9.59 Å². The Morgan fingerprint density at radius 3 is 2.26 bits per heavy atom. The highest BCUT2D eigenvalue weighted by molar-refractivity contribution is 6.38. The van der Waals surface area contributed by atoms with E-state index < -0.39 is 17.7 Å². The molecule has 0 aliphatic carbocycles. The van der Waals surface area contributed by atoms with Crippen molar-refractivity contribution in [2.24, 2.45) is 0 Å². The van der Waals surface area contributed by atoms with Gasteiger partial charge in [-0.15, -0.1) is 0 Å². The summed E-state index contributed by atoms with van der Waals surface area (Å²) in [6, 6.07) is 2.43. The maximum atomic E-state index is 11.6. The number of carbonyl (C=O) groups excluding carboxylic acids is 1. The summed E-state index contributed by atoms with van der Waals surface area (Å²) in [5.41, 5.74) is -0.701. The minimum absolute atomic E-state index is 0.00719. The first-order chi connectivity index (χ1) is 8.60. The van der Waals surface area contributed by atoms with Crippen molar-refractivity contribution in [1.82, 2.24) is 0 Å². The molecule has 0 aromatic heterocycles. The van der Waals surface area contributed by atoms with E-state index in [1.54, 1.807) is 20.8 Å². The molecule has 0 heterocycles. The number of benzene rings is 1.